The van der Waals surface area contributed by atoms with Crippen molar-refractivity contribution in [2.75, 3.05) is 5.32 Å². The van der Waals surface area contributed by atoms with Crippen LogP contribution < -0.4 is 5.32 Å². The number of rotatable bonds is 2. The first-order valence-electron chi connectivity index (χ1n) is 5.95. The highest BCUT2D eigenvalue weighted by Gasteiger charge is 2.34. The summed E-state index contributed by atoms with van der Waals surface area (Å²) >= 11 is 0. The largest absolute Gasteiger partial charge is 0.365 e. The van der Waals surface area contributed by atoms with Crippen LogP contribution >= 0.6 is 0 Å². The van der Waals surface area contributed by atoms with Crippen LogP contribution in [0.2, 0.25) is 0 Å². The minimum absolute atomic E-state index is 0.316. The predicted octanol–water partition coefficient (Wildman–Crippen LogP) is 1.51. The van der Waals surface area contributed by atoms with E-state index in [4.69, 9.17) is 0 Å². The molecule has 1 aliphatic rings. The van der Waals surface area contributed by atoms with E-state index < -0.39 is 0 Å². The molecule has 0 aliphatic heterocycles. The Hall–Kier alpha value is -1.72. The first kappa shape index (κ1) is 10.4. The summed E-state index contributed by atoms with van der Waals surface area (Å²) in [5, 5.41) is 15.0. The van der Waals surface area contributed by atoms with Crippen LogP contribution in [0, 0.1) is 5.41 Å². The molecule has 90 valence electrons. The molecule has 3 rings (SSSR count). The molecular weight excluding hydrogens is 216 g/mol. The Bertz CT molecular complexity index is 531. The lowest BCUT2D eigenvalue weighted by molar-refractivity contribution is 0.349. The van der Waals surface area contributed by atoms with Gasteiger partial charge in [-0.05, 0) is 28.7 Å². The van der Waals surface area contributed by atoms with Gasteiger partial charge in [-0.15, -0.1) is 5.10 Å². The summed E-state index contributed by atoms with van der Waals surface area (Å²) in [7, 11) is 0. The molecule has 0 spiro atoms. The van der Waals surface area contributed by atoms with E-state index in [1.807, 2.05) is 0 Å². The molecule has 0 aromatic carbocycles. The molecule has 0 radical (unpaired) electrons. The Labute approximate surface area is 99.4 Å². The zero-order chi connectivity index (χ0) is 11.9. The molecule has 2 aromatic heterocycles. The number of nitrogens with one attached hydrogen (secondary N) is 1. The Morgan fingerprint density at radius 3 is 3.06 bits per heavy atom. The van der Waals surface area contributed by atoms with Crippen LogP contribution in [0.15, 0.2) is 12.4 Å². The highest BCUT2D eigenvalue weighted by Crippen LogP contribution is 2.38. The maximum absolute atomic E-state index is 4.15. The van der Waals surface area contributed by atoms with Gasteiger partial charge in [-0.3, -0.25) is 4.98 Å². The number of nitrogens with zero attached hydrogens (tertiary/aromatic N) is 5. The van der Waals surface area contributed by atoms with Gasteiger partial charge >= 0.3 is 0 Å². The molecule has 1 unspecified atom stereocenters. The molecule has 0 amide bonds. The fraction of sp³-hybridized carbons (Fsp3) is 0.636. The fourth-order valence-electron chi connectivity index (χ4n) is 2.55. The molecule has 1 fully saturated rings. The lowest BCUT2D eigenvalue weighted by Crippen LogP contribution is -2.31. The van der Waals surface area contributed by atoms with Gasteiger partial charge in [-0.25, -0.2) is 0 Å². The van der Waals surface area contributed by atoms with E-state index in [9.17, 15) is 0 Å². The molecule has 6 nitrogen and oxygen atoms in total. The average molecular weight is 232 g/mol. The van der Waals surface area contributed by atoms with Crippen LogP contribution in [0.5, 0.6) is 0 Å². The van der Waals surface area contributed by atoms with Gasteiger partial charge in [0.2, 0.25) is 0 Å². The molecule has 2 heterocycles. The lowest BCUT2D eigenvalue weighted by Gasteiger charge is -2.28. The molecule has 1 atom stereocenters. The van der Waals surface area contributed by atoms with Crippen LogP contribution in [0.25, 0.3) is 5.65 Å². The maximum Gasteiger partial charge on any atom is 0.199 e. The number of hydrogen-bond donors (Lipinski definition) is 1. The Morgan fingerprint density at radius 2 is 2.29 bits per heavy atom. The minimum atomic E-state index is 0.316. The summed E-state index contributed by atoms with van der Waals surface area (Å²) in [4.78, 5) is 4.15. The highest BCUT2D eigenvalue weighted by molar-refractivity contribution is 5.44. The van der Waals surface area contributed by atoms with Gasteiger partial charge in [0, 0.05) is 6.04 Å². The third-order valence-corrected chi connectivity index (χ3v) is 3.69. The third-order valence-electron chi connectivity index (χ3n) is 3.69. The van der Waals surface area contributed by atoms with E-state index in [1.165, 1.54) is 19.3 Å². The van der Waals surface area contributed by atoms with Gasteiger partial charge in [0.1, 0.15) is 0 Å². The summed E-state index contributed by atoms with van der Waals surface area (Å²) in [5.74, 6) is 0.868. The number of hydrogen-bond acceptors (Lipinski definition) is 5. The normalized spacial score (nSPS) is 23.1. The molecule has 0 saturated heterocycles. The van der Waals surface area contributed by atoms with Gasteiger partial charge in [-0.2, -0.15) is 4.52 Å². The topological polar surface area (TPSA) is 68.0 Å². The fourth-order valence-corrected chi connectivity index (χ4v) is 2.55. The van der Waals surface area contributed by atoms with E-state index in [1.54, 1.807) is 16.9 Å². The van der Waals surface area contributed by atoms with Gasteiger partial charge in [0.15, 0.2) is 11.5 Å². The molecular formula is C11H16N6. The quantitative estimate of drug-likeness (QED) is 0.850. The molecule has 1 aliphatic carbocycles. The monoisotopic (exact) mass is 232 g/mol. The van der Waals surface area contributed by atoms with Gasteiger partial charge in [-0.1, -0.05) is 20.3 Å². The number of fused-ring (bicyclic) bond motifs is 1. The van der Waals surface area contributed by atoms with Gasteiger partial charge < -0.3 is 5.32 Å². The molecule has 2 aromatic rings. The van der Waals surface area contributed by atoms with E-state index in [0.717, 1.165) is 5.82 Å². The average Bonchev–Trinajstić information content (AvgIpc) is 2.86. The van der Waals surface area contributed by atoms with Gasteiger partial charge in [0.25, 0.3) is 0 Å². The summed E-state index contributed by atoms with van der Waals surface area (Å²) < 4.78 is 1.70. The summed E-state index contributed by atoms with van der Waals surface area (Å²) in [6, 6.07) is 0.458. The number of anilines is 1. The first-order valence-corrected chi connectivity index (χ1v) is 5.95. The van der Waals surface area contributed by atoms with Crippen molar-refractivity contribution >= 4 is 11.5 Å². The zero-order valence-corrected chi connectivity index (χ0v) is 10.1. The van der Waals surface area contributed by atoms with Gasteiger partial charge in [0.05, 0.1) is 12.4 Å². The number of tetrazole rings is 1. The van der Waals surface area contributed by atoms with Crippen molar-refractivity contribution in [2.45, 2.75) is 39.2 Å². The van der Waals surface area contributed by atoms with Crippen LogP contribution in [0.4, 0.5) is 5.82 Å². The maximum atomic E-state index is 4.15. The van der Waals surface area contributed by atoms with Crippen molar-refractivity contribution in [3.63, 3.8) is 0 Å². The SMILES string of the molecule is CC1(C)CCCC1Nc1cncc2nnnn12. The summed E-state index contributed by atoms with van der Waals surface area (Å²) in [6.07, 6.45) is 7.14. The first-order chi connectivity index (χ1) is 8.17. The van der Waals surface area contributed by atoms with Crippen LogP contribution in [-0.2, 0) is 0 Å². The molecule has 1 saturated carbocycles. The van der Waals surface area contributed by atoms with Crippen LogP contribution in [-0.4, -0.2) is 31.1 Å². The zero-order valence-electron chi connectivity index (χ0n) is 10.1. The smallest absolute Gasteiger partial charge is 0.199 e. The second-order valence-electron chi connectivity index (χ2n) is 5.32. The Balaban J connectivity index is 1.92. The van der Waals surface area contributed by atoms with E-state index >= 15 is 0 Å². The molecule has 1 N–H and O–H groups in total. The van der Waals surface area contributed by atoms with Crippen molar-refractivity contribution in [3.05, 3.63) is 12.4 Å². The second kappa shape index (κ2) is 3.65. The van der Waals surface area contributed by atoms with Crippen molar-refractivity contribution < 1.29 is 0 Å². The van der Waals surface area contributed by atoms with E-state index in [-0.39, 0.29) is 0 Å². The van der Waals surface area contributed by atoms with E-state index in [2.05, 4.69) is 39.7 Å². The standard InChI is InChI=1S/C11H16N6/c1-11(2)5-3-4-8(11)13-9-6-12-7-10-14-15-16-17(9)10/h6-8,13H,3-5H2,1-2H3. The van der Waals surface area contributed by atoms with Crippen LogP contribution in [0.1, 0.15) is 33.1 Å². The lowest BCUT2D eigenvalue weighted by atomic mass is 9.87. The summed E-state index contributed by atoms with van der Waals surface area (Å²) in [6.45, 7) is 4.59. The highest BCUT2D eigenvalue weighted by atomic mass is 15.5. The minimum Gasteiger partial charge on any atom is -0.365 e. The van der Waals surface area contributed by atoms with E-state index in [0.29, 0.717) is 17.1 Å². The molecule has 17 heavy (non-hydrogen) atoms. The molecule has 6 heteroatoms. The van der Waals surface area contributed by atoms with Crippen molar-refractivity contribution in [1.82, 2.24) is 25.0 Å². The van der Waals surface area contributed by atoms with Crippen molar-refractivity contribution in [3.8, 4) is 0 Å². The second-order valence-corrected chi connectivity index (χ2v) is 5.32. The number of aromatic nitrogens is 5. The summed E-state index contributed by atoms with van der Waals surface area (Å²) in [5.41, 5.74) is 0.988. The van der Waals surface area contributed by atoms with Crippen molar-refractivity contribution in [2.24, 2.45) is 5.41 Å². The van der Waals surface area contributed by atoms with Crippen molar-refractivity contribution in [1.29, 1.82) is 0 Å². The third kappa shape index (κ3) is 1.73. The Kier molecular flexibility index (Phi) is 2.24. The Morgan fingerprint density at radius 1 is 1.41 bits per heavy atom. The predicted molar refractivity (Wildman–Crippen MR) is 63.6 cm³/mol. The van der Waals surface area contributed by atoms with Crippen LogP contribution in [0.3, 0.4) is 0 Å². The molecule has 0 bridgehead atoms.